The molecular weight excluding hydrogens is 266 g/mol. The Morgan fingerprint density at radius 2 is 2.16 bits per heavy atom. The van der Waals surface area contributed by atoms with Crippen LogP contribution < -0.4 is 5.73 Å². The second kappa shape index (κ2) is 6.10. The average molecular weight is 285 g/mol. The lowest BCUT2D eigenvalue weighted by Crippen LogP contribution is -2.36. The van der Waals surface area contributed by atoms with E-state index in [2.05, 4.69) is 4.98 Å². The Morgan fingerprint density at radius 3 is 2.63 bits per heavy atom. The standard InChI is InChI=1S/C12H19N3O3S/c1-4-8-5-14-11(19-6-9(16)17)15(8)7-12(2,3)10(13)18/h5H,4,6-7H2,1-3H3,(H2,13,18)(H,16,17). The molecule has 106 valence electrons. The quantitative estimate of drug-likeness (QED) is 0.732. The van der Waals surface area contributed by atoms with Crippen LogP contribution in [0.3, 0.4) is 0 Å². The van der Waals surface area contributed by atoms with Gasteiger partial charge in [-0.15, -0.1) is 0 Å². The molecular formula is C12H19N3O3S. The van der Waals surface area contributed by atoms with Crippen LogP contribution in [0.4, 0.5) is 0 Å². The molecule has 0 fully saturated rings. The van der Waals surface area contributed by atoms with Crippen molar-refractivity contribution in [2.45, 2.75) is 38.9 Å². The highest BCUT2D eigenvalue weighted by atomic mass is 32.2. The lowest BCUT2D eigenvalue weighted by molar-refractivity contribution is -0.134. The third-order valence-corrected chi connectivity index (χ3v) is 3.78. The van der Waals surface area contributed by atoms with Gasteiger partial charge in [0.05, 0.1) is 11.2 Å². The van der Waals surface area contributed by atoms with Gasteiger partial charge in [0, 0.05) is 18.4 Å². The molecule has 0 unspecified atom stereocenters. The predicted molar refractivity (Wildman–Crippen MR) is 72.9 cm³/mol. The number of carbonyl (C=O) groups excluding carboxylic acids is 1. The Balaban J connectivity index is 2.99. The molecule has 0 atom stereocenters. The van der Waals surface area contributed by atoms with Crippen molar-refractivity contribution >= 4 is 23.6 Å². The first-order valence-corrected chi connectivity index (χ1v) is 6.95. The number of amides is 1. The van der Waals surface area contributed by atoms with Crippen molar-refractivity contribution < 1.29 is 14.7 Å². The number of carboxylic acids is 1. The van der Waals surface area contributed by atoms with Crippen LogP contribution >= 0.6 is 11.8 Å². The molecule has 3 N–H and O–H groups in total. The van der Waals surface area contributed by atoms with Crippen molar-refractivity contribution in [3.8, 4) is 0 Å². The van der Waals surface area contributed by atoms with E-state index in [1.54, 1.807) is 20.0 Å². The van der Waals surface area contributed by atoms with Crippen molar-refractivity contribution in [3.05, 3.63) is 11.9 Å². The van der Waals surface area contributed by atoms with E-state index in [-0.39, 0.29) is 5.75 Å². The number of aryl methyl sites for hydroxylation is 1. The number of aromatic nitrogens is 2. The van der Waals surface area contributed by atoms with E-state index in [9.17, 15) is 9.59 Å². The van der Waals surface area contributed by atoms with E-state index in [0.717, 1.165) is 23.9 Å². The second-order valence-corrected chi connectivity index (χ2v) is 5.84. The summed E-state index contributed by atoms with van der Waals surface area (Å²) >= 11 is 1.14. The number of primary amides is 1. The molecule has 6 nitrogen and oxygen atoms in total. The largest absolute Gasteiger partial charge is 0.481 e. The molecule has 1 aromatic heterocycles. The summed E-state index contributed by atoms with van der Waals surface area (Å²) < 4.78 is 1.87. The molecule has 0 aromatic carbocycles. The molecule has 0 aliphatic carbocycles. The maximum atomic E-state index is 11.4. The summed E-state index contributed by atoms with van der Waals surface area (Å²) in [5, 5.41) is 9.32. The average Bonchev–Trinajstić information content (AvgIpc) is 2.67. The minimum atomic E-state index is -0.897. The maximum absolute atomic E-state index is 11.4. The fraction of sp³-hybridized carbons (Fsp3) is 0.583. The van der Waals surface area contributed by atoms with Gasteiger partial charge < -0.3 is 15.4 Å². The number of hydrogen-bond acceptors (Lipinski definition) is 4. The number of rotatable bonds is 7. The Morgan fingerprint density at radius 1 is 1.53 bits per heavy atom. The van der Waals surface area contributed by atoms with Gasteiger partial charge in [-0.1, -0.05) is 18.7 Å². The molecule has 0 aliphatic rings. The Kier molecular flexibility index (Phi) is 4.99. The first-order valence-electron chi connectivity index (χ1n) is 5.97. The van der Waals surface area contributed by atoms with Crippen LogP contribution in [0.15, 0.2) is 11.4 Å². The maximum Gasteiger partial charge on any atom is 0.313 e. The van der Waals surface area contributed by atoms with E-state index in [0.29, 0.717) is 11.7 Å². The Labute approximate surface area is 116 Å². The number of thioether (sulfide) groups is 1. The third-order valence-electron chi connectivity index (χ3n) is 2.81. The SMILES string of the molecule is CCc1cnc(SCC(=O)O)n1CC(C)(C)C(N)=O. The van der Waals surface area contributed by atoms with Gasteiger partial charge in [0.25, 0.3) is 0 Å². The predicted octanol–water partition coefficient (Wildman–Crippen LogP) is 1.13. The minimum absolute atomic E-state index is 0.0584. The number of carboxylic acid groups (broad SMARTS) is 1. The topological polar surface area (TPSA) is 98.2 Å². The van der Waals surface area contributed by atoms with Crippen LogP contribution in [0.1, 0.15) is 26.5 Å². The van der Waals surface area contributed by atoms with Crippen LogP contribution in [-0.4, -0.2) is 32.3 Å². The summed E-state index contributed by atoms with van der Waals surface area (Å²) in [7, 11) is 0. The zero-order valence-corrected chi connectivity index (χ0v) is 12.2. The molecule has 0 spiro atoms. The normalized spacial score (nSPS) is 11.5. The molecule has 19 heavy (non-hydrogen) atoms. The fourth-order valence-corrected chi connectivity index (χ4v) is 2.28. The lowest BCUT2D eigenvalue weighted by Gasteiger charge is -2.23. The number of carbonyl (C=O) groups is 2. The van der Waals surface area contributed by atoms with Crippen LogP contribution in [0.25, 0.3) is 0 Å². The number of nitrogens with two attached hydrogens (primary N) is 1. The van der Waals surface area contributed by atoms with E-state index >= 15 is 0 Å². The molecule has 0 radical (unpaired) electrons. The van der Waals surface area contributed by atoms with Gasteiger partial charge in [-0.05, 0) is 20.3 Å². The molecule has 0 aliphatic heterocycles. The summed E-state index contributed by atoms with van der Waals surface area (Å²) in [6.45, 7) is 5.91. The zero-order chi connectivity index (χ0) is 14.6. The summed E-state index contributed by atoms with van der Waals surface area (Å²) in [5.74, 6) is -1.35. The van der Waals surface area contributed by atoms with Crippen molar-refractivity contribution in [3.63, 3.8) is 0 Å². The molecule has 7 heteroatoms. The second-order valence-electron chi connectivity index (χ2n) is 4.90. The molecule has 1 aromatic rings. The Bertz CT molecular complexity index is 483. The molecule has 1 rings (SSSR count). The third kappa shape index (κ3) is 3.99. The molecule has 0 saturated carbocycles. The van der Waals surface area contributed by atoms with Crippen LogP contribution in [0, 0.1) is 5.41 Å². The van der Waals surface area contributed by atoms with Crippen molar-refractivity contribution in [1.82, 2.24) is 9.55 Å². The van der Waals surface area contributed by atoms with Crippen molar-refractivity contribution in [2.24, 2.45) is 11.1 Å². The summed E-state index contributed by atoms with van der Waals surface area (Å²) in [6, 6.07) is 0. The van der Waals surface area contributed by atoms with Crippen LogP contribution in [-0.2, 0) is 22.6 Å². The van der Waals surface area contributed by atoms with Gasteiger partial charge in [0.1, 0.15) is 0 Å². The first kappa shape index (κ1) is 15.6. The highest BCUT2D eigenvalue weighted by Crippen LogP contribution is 2.25. The van der Waals surface area contributed by atoms with Crippen LogP contribution in [0.2, 0.25) is 0 Å². The molecule has 0 bridgehead atoms. The van der Waals surface area contributed by atoms with E-state index in [1.807, 2.05) is 11.5 Å². The number of nitrogens with zero attached hydrogens (tertiary/aromatic N) is 2. The number of aliphatic carboxylic acids is 1. The summed E-state index contributed by atoms with van der Waals surface area (Å²) in [4.78, 5) is 26.2. The van der Waals surface area contributed by atoms with Gasteiger partial charge in [0.2, 0.25) is 5.91 Å². The fourth-order valence-electron chi connectivity index (χ4n) is 1.56. The van der Waals surface area contributed by atoms with Gasteiger partial charge in [0.15, 0.2) is 5.16 Å². The first-order chi connectivity index (χ1) is 8.77. The van der Waals surface area contributed by atoms with E-state index < -0.39 is 17.3 Å². The van der Waals surface area contributed by atoms with E-state index in [1.165, 1.54) is 0 Å². The number of hydrogen-bond donors (Lipinski definition) is 2. The smallest absolute Gasteiger partial charge is 0.313 e. The molecule has 1 amide bonds. The van der Waals surface area contributed by atoms with Crippen molar-refractivity contribution in [2.75, 3.05) is 5.75 Å². The summed E-state index contributed by atoms with van der Waals surface area (Å²) in [5.41, 5.74) is 5.63. The highest BCUT2D eigenvalue weighted by Gasteiger charge is 2.27. The van der Waals surface area contributed by atoms with Crippen LogP contribution in [0.5, 0.6) is 0 Å². The zero-order valence-electron chi connectivity index (χ0n) is 11.3. The monoisotopic (exact) mass is 285 g/mol. The Hall–Kier alpha value is -1.50. The van der Waals surface area contributed by atoms with Gasteiger partial charge in [-0.2, -0.15) is 0 Å². The van der Waals surface area contributed by atoms with Gasteiger partial charge >= 0.3 is 5.97 Å². The lowest BCUT2D eigenvalue weighted by atomic mass is 9.92. The van der Waals surface area contributed by atoms with Gasteiger partial charge in [-0.25, -0.2) is 4.98 Å². The summed E-state index contributed by atoms with van der Waals surface area (Å²) in [6.07, 6.45) is 2.47. The van der Waals surface area contributed by atoms with Crippen molar-refractivity contribution in [1.29, 1.82) is 0 Å². The molecule has 1 heterocycles. The number of imidazole rings is 1. The van der Waals surface area contributed by atoms with E-state index in [4.69, 9.17) is 10.8 Å². The molecule has 0 saturated heterocycles. The highest BCUT2D eigenvalue weighted by molar-refractivity contribution is 7.99. The van der Waals surface area contributed by atoms with Gasteiger partial charge in [-0.3, -0.25) is 9.59 Å². The minimum Gasteiger partial charge on any atom is -0.481 e.